The summed E-state index contributed by atoms with van der Waals surface area (Å²) in [5.41, 5.74) is 1.72. The van der Waals surface area contributed by atoms with Crippen LogP contribution in [0.25, 0.3) is 0 Å². The Morgan fingerprint density at radius 1 is 0.690 bits per heavy atom. The minimum atomic E-state index is -4.53. The average molecular weight is 421 g/mol. The van der Waals surface area contributed by atoms with Crippen molar-refractivity contribution in [3.63, 3.8) is 0 Å². The van der Waals surface area contributed by atoms with Crippen LogP contribution in [0.4, 0.5) is 26.3 Å². The first-order valence-corrected chi connectivity index (χ1v) is 9.68. The molecule has 0 saturated heterocycles. The second kappa shape index (κ2) is 7.33. The predicted molar refractivity (Wildman–Crippen MR) is 90.9 cm³/mol. The van der Waals surface area contributed by atoms with Crippen molar-refractivity contribution in [2.75, 3.05) is 0 Å². The number of imidazole rings is 2. The highest BCUT2D eigenvalue weighted by atomic mass is 19.4. The third-order valence-corrected chi connectivity index (χ3v) is 5.49. The number of halogens is 6. The van der Waals surface area contributed by atoms with E-state index in [1.807, 2.05) is 0 Å². The van der Waals surface area contributed by atoms with Crippen molar-refractivity contribution in [2.45, 2.75) is 77.1 Å². The monoisotopic (exact) mass is 421 g/mol. The van der Waals surface area contributed by atoms with Gasteiger partial charge in [-0.3, -0.25) is 0 Å². The summed E-state index contributed by atoms with van der Waals surface area (Å²) < 4.78 is 82.0. The summed E-state index contributed by atoms with van der Waals surface area (Å²) >= 11 is 0. The van der Waals surface area contributed by atoms with Gasteiger partial charge >= 0.3 is 12.4 Å². The largest absolute Gasteiger partial charge is 0.449 e. The molecule has 0 spiro atoms. The summed E-state index contributed by atoms with van der Waals surface area (Å²) in [7, 11) is 0. The quantitative estimate of drug-likeness (QED) is 0.757. The molecule has 0 radical (unpaired) electrons. The third kappa shape index (κ3) is 3.88. The van der Waals surface area contributed by atoms with Crippen molar-refractivity contribution in [3.05, 3.63) is 34.4 Å². The van der Waals surface area contributed by atoms with Crippen molar-refractivity contribution in [1.29, 1.82) is 0 Å². The van der Waals surface area contributed by atoms with E-state index in [0.29, 0.717) is 48.5 Å². The SMILES string of the molecule is FC(F)(F)c1nc(CNCc2nc(C(F)(F)F)n3c2CCCC3)c2n1CCCC2. The van der Waals surface area contributed by atoms with Gasteiger partial charge in [0.2, 0.25) is 11.6 Å². The number of nitrogens with one attached hydrogen (secondary N) is 1. The van der Waals surface area contributed by atoms with E-state index in [1.165, 1.54) is 9.13 Å². The van der Waals surface area contributed by atoms with Gasteiger partial charge in [-0.2, -0.15) is 26.3 Å². The van der Waals surface area contributed by atoms with Crippen LogP contribution in [-0.2, 0) is 51.4 Å². The molecule has 0 aromatic carbocycles. The Balaban J connectivity index is 1.53. The maximum Gasteiger partial charge on any atom is 0.449 e. The van der Waals surface area contributed by atoms with Gasteiger partial charge in [0.25, 0.3) is 0 Å². The van der Waals surface area contributed by atoms with Crippen LogP contribution < -0.4 is 5.32 Å². The molecule has 0 amide bonds. The topological polar surface area (TPSA) is 47.7 Å². The summed E-state index contributed by atoms with van der Waals surface area (Å²) in [6, 6.07) is 0. The van der Waals surface area contributed by atoms with E-state index in [-0.39, 0.29) is 26.2 Å². The molecule has 2 aliphatic heterocycles. The maximum atomic E-state index is 13.3. The van der Waals surface area contributed by atoms with E-state index in [4.69, 9.17) is 0 Å². The Bertz CT molecular complexity index is 820. The van der Waals surface area contributed by atoms with E-state index >= 15 is 0 Å². The van der Waals surface area contributed by atoms with Crippen LogP contribution in [0.15, 0.2) is 0 Å². The number of rotatable bonds is 4. The molecule has 29 heavy (non-hydrogen) atoms. The molecule has 160 valence electrons. The highest BCUT2D eigenvalue weighted by Gasteiger charge is 2.40. The molecule has 0 unspecified atom stereocenters. The molecule has 2 aliphatic rings. The Morgan fingerprint density at radius 2 is 1.10 bits per heavy atom. The summed E-state index contributed by atoms with van der Waals surface area (Å²) in [6.45, 7) is 0.666. The van der Waals surface area contributed by atoms with Gasteiger partial charge in [-0.05, 0) is 38.5 Å². The molecular weight excluding hydrogens is 400 g/mol. The molecule has 0 saturated carbocycles. The lowest BCUT2D eigenvalue weighted by atomic mass is 10.1. The van der Waals surface area contributed by atoms with Crippen LogP contribution in [0.3, 0.4) is 0 Å². The number of nitrogens with zero attached hydrogens (tertiary/aromatic N) is 4. The van der Waals surface area contributed by atoms with E-state index in [2.05, 4.69) is 15.3 Å². The maximum absolute atomic E-state index is 13.3. The summed E-state index contributed by atoms with van der Waals surface area (Å²) in [4.78, 5) is 7.59. The number of aromatic nitrogens is 4. The molecule has 11 heteroatoms. The van der Waals surface area contributed by atoms with Crippen molar-refractivity contribution in [3.8, 4) is 0 Å². The highest BCUT2D eigenvalue weighted by molar-refractivity contribution is 5.23. The summed E-state index contributed by atoms with van der Waals surface area (Å²) in [5.74, 6) is -1.80. The first-order valence-electron chi connectivity index (χ1n) is 9.68. The van der Waals surface area contributed by atoms with Crippen LogP contribution in [0.1, 0.15) is 60.1 Å². The lowest BCUT2D eigenvalue weighted by molar-refractivity contribution is -0.148. The lowest BCUT2D eigenvalue weighted by Crippen LogP contribution is -2.20. The number of alkyl halides is 6. The average Bonchev–Trinajstić information content (AvgIpc) is 3.21. The fraction of sp³-hybridized carbons (Fsp3) is 0.667. The Hall–Kier alpha value is -2.04. The van der Waals surface area contributed by atoms with Gasteiger partial charge in [0.05, 0.1) is 11.4 Å². The Kier molecular flexibility index (Phi) is 5.12. The van der Waals surface area contributed by atoms with Crippen molar-refractivity contribution in [2.24, 2.45) is 0 Å². The van der Waals surface area contributed by atoms with Gasteiger partial charge in [-0.1, -0.05) is 0 Å². The predicted octanol–water partition coefficient (Wildman–Crippen LogP) is 4.08. The zero-order valence-electron chi connectivity index (χ0n) is 15.6. The normalized spacial score (nSPS) is 17.3. The van der Waals surface area contributed by atoms with Gasteiger partial charge < -0.3 is 14.5 Å². The molecule has 0 fully saturated rings. The van der Waals surface area contributed by atoms with E-state index < -0.39 is 24.0 Å². The van der Waals surface area contributed by atoms with Gasteiger partial charge in [-0.25, -0.2) is 9.97 Å². The smallest absolute Gasteiger partial charge is 0.324 e. The standard InChI is InChI=1S/C18H21F6N5/c19-17(20,21)15-26-11(13-5-1-3-7-28(13)15)9-25-10-12-14-6-2-4-8-29(14)16(27-12)18(22,23)24/h25H,1-10H2. The van der Waals surface area contributed by atoms with Crippen LogP contribution in [0, 0.1) is 0 Å². The molecule has 2 aromatic heterocycles. The van der Waals surface area contributed by atoms with Crippen molar-refractivity contribution in [1.82, 2.24) is 24.4 Å². The van der Waals surface area contributed by atoms with Crippen LogP contribution in [-0.4, -0.2) is 19.1 Å². The molecule has 0 atom stereocenters. The number of fused-ring (bicyclic) bond motifs is 2. The second-order valence-corrected chi connectivity index (χ2v) is 7.47. The molecular formula is C18H21F6N5. The van der Waals surface area contributed by atoms with Gasteiger partial charge in [0, 0.05) is 37.6 Å². The van der Waals surface area contributed by atoms with Crippen LogP contribution in [0.5, 0.6) is 0 Å². The molecule has 2 aromatic rings. The molecule has 4 rings (SSSR count). The zero-order chi connectivity index (χ0) is 20.8. The highest BCUT2D eigenvalue weighted by Crippen LogP contribution is 2.34. The Morgan fingerprint density at radius 3 is 1.48 bits per heavy atom. The van der Waals surface area contributed by atoms with E-state index in [1.54, 1.807) is 0 Å². The van der Waals surface area contributed by atoms with Gasteiger partial charge in [-0.15, -0.1) is 0 Å². The van der Waals surface area contributed by atoms with Gasteiger partial charge in [0.1, 0.15) is 0 Å². The van der Waals surface area contributed by atoms with Gasteiger partial charge in [0.15, 0.2) is 0 Å². The summed E-state index contributed by atoms with van der Waals surface area (Å²) in [6.07, 6.45) is -5.13. The molecule has 4 heterocycles. The second-order valence-electron chi connectivity index (χ2n) is 7.47. The van der Waals surface area contributed by atoms with E-state index in [9.17, 15) is 26.3 Å². The summed E-state index contributed by atoms with van der Waals surface area (Å²) in [5, 5.41) is 2.96. The fourth-order valence-corrected chi connectivity index (χ4v) is 4.25. The van der Waals surface area contributed by atoms with Crippen LogP contribution in [0.2, 0.25) is 0 Å². The number of hydrogen-bond donors (Lipinski definition) is 1. The molecule has 5 nitrogen and oxygen atoms in total. The lowest BCUT2D eigenvalue weighted by Gasteiger charge is -2.18. The first-order chi connectivity index (χ1) is 13.7. The van der Waals surface area contributed by atoms with Crippen molar-refractivity contribution >= 4 is 0 Å². The van der Waals surface area contributed by atoms with Crippen LogP contribution >= 0.6 is 0 Å². The first kappa shape index (κ1) is 20.2. The number of hydrogen-bond acceptors (Lipinski definition) is 3. The minimum Gasteiger partial charge on any atom is -0.324 e. The molecule has 1 N–H and O–H groups in total. The zero-order valence-corrected chi connectivity index (χ0v) is 15.6. The third-order valence-electron chi connectivity index (χ3n) is 5.49. The van der Waals surface area contributed by atoms with Crippen molar-refractivity contribution < 1.29 is 26.3 Å². The minimum absolute atomic E-state index is 0.0546. The van der Waals surface area contributed by atoms with E-state index in [0.717, 1.165) is 12.8 Å². The molecule has 0 aliphatic carbocycles. The fourth-order valence-electron chi connectivity index (χ4n) is 4.25. The Labute approximate surface area is 163 Å². The molecule has 0 bridgehead atoms.